The molecule has 1 aliphatic rings. The molecule has 0 bridgehead atoms. The molecule has 2 aromatic carbocycles. The van der Waals surface area contributed by atoms with Crippen LogP contribution in [0.4, 0.5) is 0 Å². The zero-order valence-electron chi connectivity index (χ0n) is 12.2. The molecule has 110 valence electrons. The smallest absolute Gasteiger partial charge is 0.161 e. The molecule has 3 nitrogen and oxygen atoms in total. The van der Waals surface area contributed by atoms with E-state index in [0.717, 1.165) is 24.5 Å². The van der Waals surface area contributed by atoms with E-state index in [4.69, 9.17) is 9.47 Å². The number of fused-ring (bicyclic) bond motifs is 1. The van der Waals surface area contributed by atoms with Crippen LogP contribution in [0.15, 0.2) is 36.4 Å². The van der Waals surface area contributed by atoms with Crippen molar-refractivity contribution in [3.8, 4) is 11.5 Å². The number of rotatable bonds is 3. The van der Waals surface area contributed by atoms with Gasteiger partial charge in [0.1, 0.15) is 0 Å². The summed E-state index contributed by atoms with van der Waals surface area (Å²) in [4.78, 5) is 0. The molecule has 21 heavy (non-hydrogen) atoms. The van der Waals surface area contributed by atoms with Crippen LogP contribution in [0.2, 0.25) is 0 Å². The van der Waals surface area contributed by atoms with Gasteiger partial charge in [-0.1, -0.05) is 12.1 Å². The molecule has 0 spiro atoms. The van der Waals surface area contributed by atoms with E-state index in [1.807, 2.05) is 0 Å². The van der Waals surface area contributed by atoms with E-state index < -0.39 is 0 Å². The summed E-state index contributed by atoms with van der Waals surface area (Å²) >= 11 is 2.33. The largest absolute Gasteiger partial charge is 0.493 e. The first-order valence-electron chi connectivity index (χ1n) is 6.96. The third kappa shape index (κ3) is 2.87. The van der Waals surface area contributed by atoms with Crippen LogP contribution in [0.25, 0.3) is 0 Å². The summed E-state index contributed by atoms with van der Waals surface area (Å²) in [5.74, 6) is 1.59. The number of ether oxygens (including phenoxy) is 2. The highest BCUT2D eigenvalue weighted by Crippen LogP contribution is 2.37. The van der Waals surface area contributed by atoms with Crippen molar-refractivity contribution < 1.29 is 9.47 Å². The van der Waals surface area contributed by atoms with Gasteiger partial charge in [-0.3, -0.25) is 0 Å². The second-order valence-electron chi connectivity index (χ2n) is 5.09. The summed E-state index contributed by atoms with van der Waals surface area (Å²) in [5, 5.41) is 3.60. The van der Waals surface area contributed by atoms with Crippen molar-refractivity contribution in [2.24, 2.45) is 0 Å². The zero-order chi connectivity index (χ0) is 14.8. The number of methoxy groups -OCH3 is 2. The SMILES string of the molecule is COc1cc2c(cc1OC)C(c1ccc(I)cc1)NCC2. The molecule has 4 heteroatoms. The summed E-state index contributed by atoms with van der Waals surface area (Å²) in [5.41, 5.74) is 3.89. The molecular formula is C17H18INO2. The first kappa shape index (κ1) is 14.7. The lowest BCUT2D eigenvalue weighted by Gasteiger charge is -2.28. The fourth-order valence-electron chi connectivity index (χ4n) is 2.84. The van der Waals surface area contributed by atoms with Crippen LogP contribution in [0, 0.1) is 3.57 Å². The average Bonchev–Trinajstić information content (AvgIpc) is 2.53. The Morgan fingerprint density at radius 1 is 1.05 bits per heavy atom. The second kappa shape index (κ2) is 6.23. The molecule has 1 unspecified atom stereocenters. The first-order chi connectivity index (χ1) is 10.2. The molecular weight excluding hydrogens is 377 g/mol. The molecule has 1 aliphatic heterocycles. The van der Waals surface area contributed by atoms with Crippen LogP contribution < -0.4 is 14.8 Å². The van der Waals surface area contributed by atoms with Crippen LogP contribution in [-0.4, -0.2) is 20.8 Å². The number of benzene rings is 2. The molecule has 0 radical (unpaired) electrons. The van der Waals surface area contributed by atoms with Gasteiger partial charge in [0.25, 0.3) is 0 Å². The van der Waals surface area contributed by atoms with Crippen molar-refractivity contribution in [3.63, 3.8) is 0 Å². The Balaban J connectivity index is 2.06. The van der Waals surface area contributed by atoms with E-state index in [0.29, 0.717) is 0 Å². The molecule has 0 fully saturated rings. The van der Waals surface area contributed by atoms with E-state index in [2.05, 4.69) is 64.3 Å². The number of halogens is 1. The molecule has 2 aromatic rings. The lowest BCUT2D eigenvalue weighted by molar-refractivity contribution is 0.353. The summed E-state index contributed by atoms with van der Waals surface area (Å²) in [6.07, 6.45) is 1.01. The molecule has 0 saturated carbocycles. The molecule has 0 aromatic heterocycles. The third-order valence-electron chi connectivity index (χ3n) is 3.90. The zero-order valence-corrected chi connectivity index (χ0v) is 14.3. The highest BCUT2D eigenvalue weighted by atomic mass is 127. The van der Waals surface area contributed by atoms with Gasteiger partial charge in [0.15, 0.2) is 11.5 Å². The minimum Gasteiger partial charge on any atom is -0.493 e. The maximum atomic E-state index is 5.45. The number of hydrogen-bond acceptors (Lipinski definition) is 3. The quantitative estimate of drug-likeness (QED) is 0.807. The van der Waals surface area contributed by atoms with Gasteiger partial charge in [0.2, 0.25) is 0 Å². The number of nitrogens with one attached hydrogen (secondary N) is 1. The Kier molecular flexibility index (Phi) is 4.35. The van der Waals surface area contributed by atoms with Crippen molar-refractivity contribution in [2.45, 2.75) is 12.5 Å². The van der Waals surface area contributed by atoms with E-state index in [-0.39, 0.29) is 6.04 Å². The van der Waals surface area contributed by atoms with E-state index >= 15 is 0 Å². The Labute approximate surface area is 138 Å². The minimum atomic E-state index is 0.213. The third-order valence-corrected chi connectivity index (χ3v) is 4.62. The molecule has 0 saturated heterocycles. The van der Waals surface area contributed by atoms with Gasteiger partial charge in [-0.15, -0.1) is 0 Å². The van der Waals surface area contributed by atoms with Gasteiger partial charge in [-0.05, 0) is 70.0 Å². The van der Waals surface area contributed by atoms with Gasteiger partial charge in [-0.25, -0.2) is 0 Å². The monoisotopic (exact) mass is 395 g/mol. The van der Waals surface area contributed by atoms with Crippen molar-refractivity contribution in [2.75, 3.05) is 20.8 Å². The van der Waals surface area contributed by atoms with Crippen LogP contribution in [-0.2, 0) is 6.42 Å². The normalized spacial score (nSPS) is 17.2. The average molecular weight is 395 g/mol. The van der Waals surface area contributed by atoms with E-state index in [1.165, 1.54) is 20.3 Å². The maximum absolute atomic E-state index is 5.45. The van der Waals surface area contributed by atoms with E-state index in [9.17, 15) is 0 Å². The van der Waals surface area contributed by atoms with Crippen LogP contribution in [0.1, 0.15) is 22.7 Å². The number of hydrogen-bond donors (Lipinski definition) is 1. The summed E-state index contributed by atoms with van der Waals surface area (Å²) in [7, 11) is 3.36. The molecule has 0 aliphatic carbocycles. The molecule has 1 heterocycles. The molecule has 3 rings (SSSR count). The second-order valence-corrected chi connectivity index (χ2v) is 6.34. The predicted octanol–water partition coefficient (Wildman–Crippen LogP) is 3.54. The molecule has 1 atom stereocenters. The topological polar surface area (TPSA) is 30.5 Å². The summed E-state index contributed by atoms with van der Waals surface area (Å²) in [6.45, 7) is 0.971. The molecule has 1 N–H and O–H groups in total. The lowest BCUT2D eigenvalue weighted by atomic mass is 9.89. The Bertz CT molecular complexity index is 640. The van der Waals surface area contributed by atoms with Crippen LogP contribution >= 0.6 is 22.6 Å². The highest BCUT2D eigenvalue weighted by molar-refractivity contribution is 14.1. The Morgan fingerprint density at radius 3 is 2.38 bits per heavy atom. The highest BCUT2D eigenvalue weighted by Gasteiger charge is 2.23. The lowest BCUT2D eigenvalue weighted by Crippen LogP contribution is -2.30. The van der Waals surface area contributed by atoms with Gasteiger partial charge in [0, 0.05) is 10.1 Å². The van der Waals surface area contributed by atoms with Crippen molar-refractivity contribution >= 4 is 22.6 Å². The fourth-order valence-corrected chi connectivity index (χ4v) is 3.20. The summed E-state index contributed by atoms with van der Waals surface area (Å²) in [6, 6.07) is 13.1. The van der Waals surface area contributed by atoms with Gasteiger partial charge in [0.05, 0.1) is 20.3 Å². The first-order valence-corrected chi connectivity index (χ1v) is 8.04. The van der Waals surface area contributed by atoms with Crippen LogP contribution in [0.3, 0.4) is 0 Å². The maximum Gasteiger partial charge on any atom is 0.161 e. The predicted molar refractivity (Wildman–Crippen MR) is 92.3 cm³/mol. The summed E-state index contributed by atoms with van der Waals surface area (Å²) < 4.78 is 12.1. The van der Waals surface area contributed by atoms with Crippen molar-refractivity contribution in [1.82, 2.24) is 5.32 Å². The van der Waals surface area contributed by atoms with Crippen molar-refractivity contribution in [1.29, 1.82) is 0 Å². The van der Waals surface area contributed by atoms with Crippen LogP contribution in [0.5, 0.6) is 11.5 Å². The van der Waals surface area contributed by atoms with Crippen molar-refractivity contribution in [3.05, 3.63) is 56.7 Å². The fraction of sp³-hybridized carbons (Fsp3) is 0.294. The Morgan fingerprint density at radius 2 is 1.71 bits per heavy atom. The standard InChI is InChI=1S/C17H18INO2/c1-20-15-9-12-7-8-19-17(14(12)10-16(15)21-2)11-3-5-13(18)6-4-11/h3-6,9-10,17,19H,7-8H2,1-2H3. The van der Waals surface area contributed by atoms with Gasteiger partial charge < -0.3 is 14.8 Å². The van der Waals surface area contributed by atoms with Gasteiger partial charge in [-0.2, -0.15) is 0 Å². The minimum absolute atomic E-state index is 0.213. The van der Waals surface area contributed by atoms with E-state index in [1.54, 1.807) is 14.2 Å². The molecule has 0 amide bonds. The Hall–Kier alpha value is -1.27. The van der Waals surface area contributed by atoms with Gasteiger partial charge >= 0.3 is 0 Å².